The van der Waals surface area contributed by atoms with E-state index in [1.165, 1.54) is 16.2 Å². The number of β-amino-alcohol motifs (C(OH)–C–C–N with tert-alkyl or cyclic N) is 1. The van der Waals surface area contributed by atoms with E-state index in [9.17, 15) is 14.4 Å². The van der Waals surface area contributed by atoms with Gasteiger partial charge in [0.05, 0.1) is 24.6 Å². The van der Waals surface area contributed by atoms with Crippen LogP contribution in [0.25, 0.3) is 0 Å². The highest BCUT2D eigenvalue weighted by Gasteiger charge is 2.48. The van der Waals surface area contributed by atoms with Crippen molar-refractivity contribution >= 4 is 29.2 Å². The van der Waals surface area contributed by atoms with Gasteiger partial charge in [-0.25, -0.2) is 4.79 Å². The Morgan fingerprint density at radius 1 is 1.38 bits per heavy atom. The highest BCUT2D eigenvalue weighted by Crippen LogP contribution is 2.23. The second-order valence-corrected chi connectivity index (χ2v) is 5.88. The number of hydrogen-bond acceptors (Lipinski definition) is 5. The number of rotatable bonds is 3. The van der Waals surface area contributed by atoms with Crippen LogP contribution in [0.5, 0.6) is 0 Å². The first-order valence-electron chi connectivity index (χ1n) is 6.69. The Labute approximate surface area is 125 Å². The van der Waals surface area contributed by atoms with Gasteiger partial charge in [0.1, 0.15) is 6.04 Å². The fraction of sp³-hybridized carbons (Fsp3) is 0.462. The van der Waals surface area contributed by atoms with Crippen LogP contribution in [-0.4, -0.2) is 76.5 Å². The van der Waals surface area contributed by atoms with Crippen LogP contribution in [0.15, 0.2) is 17.5 Å². The summed E-state index contributed by atoms with van der Waals surface area (Å²) >= 11 is 1.36. The zero-order valence-electron chi connectivity index (χ0n) is 11.3. The summed E-state index contributed by atoms with van der Waals surface area (Å²) in [6.45, 7) is 0.718. The molecule has 1 aromatic heterocycles. The molecule has 3 rings (SSSR count). The number of thiophene rings is 1. The zero-order chi connectivity index (χ0) is 15.0. The van der Waals surface area contributed by atoms with E-state index in [4.69, 9.17) is 5.11 Å². The van der Waals surface area contributed by atoms with Gasteiger partial charge in [-0.15, -0.1) is 11.3 Å². The van der Waals surface area contributed by atoms with Crippen LogP contribution in [0.2, 0.25) is 0 Å². The van der Waals surface area contributed by atoms with E-state index < -0.39 is 6.04 Å². The Morgan fingerprint density at radius 2 is 2.19 bits per heavy atom. The Bertz CT molecular complexity index is 574. The predicted octanol–water partition coefficient (Wildman–Crippen LogP) is -0.171. The third kappa shape index (κ3) is 2.30. The lowest BCUT2D eigenvalue weighted by Gasteiger charge is -2.35. The van der Waals surface area contributed by atoms with E-state index in [-0.39, 0.29) is 37.5 Å². The number of carbonyl (C=O) groups is 3. The maximum absolute atomic E-state index is 12.3. The molecule has 1 N–H and O–H groups in total. The summed E-state index contributed by atoms with van der Waals surface area (Å²) in [5, 5.41) is 10.8. The number of nitrogens with zero attached hydrogens (tertiary/aromatic N) is 3. The van der Waals surface area contributed by atoms with Crippen molar-refractivity contribution in [3.05, 3.63) is 22.4 Å². The standard InChI is InChI=1S/C13H15N3O4S/c17-6-5-16-11(18)9-8-14(3-4-15(9)13(16)20)12(19)10-2-1-7-21-10/h1-2,7,9,17H,3-6,8H2/t9-/m1/s1. The number of hydrogen-bond donors (Lipinski definition) is 1. The summed E-state index contributed by atoms with van der Waals surface area (Å²) in [5.41, 5.74) is 0. The van der Waals surface area contributed by atoms with E-state index in [2.05, 4.69) is 0 Å². The van der Waals surface area contributed by atoms with Crippen LogP contribution in [0.3, 0.4) is 0 Å². The Hall–Kier alpha value is -1.93. The van der Waals surface area contributed by atoms with E-state index >= 15 is 0 Å². The number of urea groups is 1. The highest BCUT2D eigenvalue weighted by atomic mass is 32.1. The van der Waals surface area contributed by atoms with Crippen LogP contribution >= 0.6 is 11.3 Å². The molecule has 0 aromatic carbocycles. The van der Waals surface area contributed by atoms with Gasteiger partial charge in [-0.1, -0.05) is 6.07 Å². The number of amides is 4. The molecule has 2 saturated heterocycles. The molecular formula is C13H15N3O4S. The molecule has 4 amide bonds. The van der Waals surface area contributed by atoms with Crippen molar-refractivity contribution in [2.75, 3.05) is 32.8 Å². The van der Waals surface area contributed by atoms with Crippen molar-refractivity contribution in [1.29, 1.82) is 0 Å². The third-order valence-corrected chi connectivity index (χ3v) is 4.61. The van der Waals surface area contributed by atoms with Gasteiger partial charge in [-0.2, -0.15) is 0 Å². The van der Waals surface area contributed by atoms with Gasteiger partial charge in [0.2, 0.25) is 0 Å². The molecule has 0 aliphatic carbocycles. The van der Waals surface area contributed by atoms with E-state index in [0.29, 0.717) is 18.0 Å². The minimum atomic E-state index is -0.623. The van der Waals surface area contributed by atoms with Crippen molar-refractivity contribution in [3.8, 4) is 0 Å². The van der Waals surface area contributed by atoms with Gasteiger partial charge in [0.25, 0.3) is 11.8 Å². The molecule has 0 spiro atoms. The lowest BCUT2D eigenvalue weighted by molar-refractivity contribution is -0.129. The molecule has 2 aliphatic heterocycles. The first-order valence-corrected chi connectivity index (χ1v) is 7.57. The fourth-order valence-electron chi connectivity index (χ4n) is 2.70. The maximum Gasteiger partial charge on any atom is 0.327 e. The number of aliphatic hydroxyl groups is 1. The quantitative estimate of drug-likeness (QED) is 0.786. The van der Waals surface area contributed by atoms with Crippen molar-refractivity contribution in [1.82, 2.24) is 14.7 Å². The average molecular weight is 309 g/mol. The van der Waals surface area contributed by atoms with Crippen LogP contribution < -0.4 is 0 Å². The average Bonchev–Trinajstić information content (AvgIpc) is 3.10. The monoisotopic (exact) mass is 309 g/mol. The van der Waals surface area contributed by atoms with Gasteiger partial charge < -0.3 is 14.9 Å². The summed E-state index contributed by atoms with van der Waals surface area (Å²) in [5.74, 6) is -0.441. The number of carbonyl (C=O) groups excluding carboxylic acids is 3. The third-order valence-electron chi connectivity index (χ3n) is 3.75. The Morgan fingerprint density at radius 3 is 2.86 bits per heavy atom. The summed E-state index contributed by atoms with van der Waals surface area (Å²) in [7, 11) is 0. The number of piperazine rings is 1. The normalized spacial score (nSPS) is 22.0. The summed E-state index contributed by atoms with van der Waals surface area (Å²) < 4.78 is 0. The summed E-state index contributed by atoms with van der Waals surface area (Å²) in [4.78, 5) is 41.4. The van der Waals surface area contributed by atoms with Crippen LogP contribution in [0.4, 0.5) is 4.79 Å². The van der Waals surface area contributed by atoms with Gasteiger partial charge in [0.15, 0.2) is 0 Å². The molecule has 21 heavy (non-hydrogen) atoms. The first kappa shape index (κ1) is 14.0. The maximum atomic E-state index is 12.3. The number of aliphatic hydroxyl groups excluding tert-OH is 1. The van der Waals surface area contributed by atoms with Crippen LogP contribution in [0.1, 0.15) is 9.67 Å². The first-order chi connectivity index (χ1) is 10.1. The van der Waals surface area contributed by atoms with Crippen molar-refractivity contribution in [3.63, 3.8) is 0 Å². The van der Waals surface area contributed by atoms with Crippen LogP contribution in [0, 0.1) is 0 Å². The predicted molar refractivity (Wildman–Crippen MR) is 74.9 cm³/mol. The fourth-order valence-corrected chi connectivity index (χ4v) is 3.39. The second kappa shape index (κ2) is 5.45. The molecule has 2 aliphatic rings. The van der Waals surface area contributed by atoms with E-state index in [1.54, 1.807) is 17.0 Å². The SMILES string of the molecule is O=C(c1cccs1)N1CCN2C(=O)N(CCO)C(=O)[C@H]2C1. The van der Waals surface area contributed by atoms with E-state index in [0.717, 1.165) is 4.90 Å². The smallest absolute Gasteiger partial charge is 0.327 e. The molecule has 2 fully saturated rings. The van der Waals surface area contributed by atoms with Crippen molar-refractivity contribution in [2.24, 2.45) is 0 Å². The minimum absolute atomic E-state index is 0.00351. The topological polar surface area (TPSA) is 81.2 Å². The van der Waals surface area contributed by atoms with Crippen LogP contribution in [-0.2, 0) is 4.79 Å². The lowest BCUT2D eigenvalue weighted by Crippen LogP contribution is -2.54. The molecule has 1 atom stereocenters. The molecule has 112 valence electrons. The molecule has 8 heteroatoms. The van der Waals surface area contributed by atoms with Gasteiger partial charge in [-0.3, -0.25) is 14.5 Å². The minimum Gasteiger partial charge on any atom is -0.395 e. The molecule has 3 heterocycles. The van der Waals surface area contributed by atoms with E-state index in [1.807, 2.05) is 5.38 Å². The highest BCUT2D eigenvalue weighted by molar-refractivity contribution is 7.12. The molecule has 7 nitrogen and oxygen atoms in total. The zero-order valence-corrected chi connectivity index (χ0v) is 12.1. The molecule has 0 saturated carbocycles. The van der Waals surface area contributed by atoms with Crippen molar-refractivity contribution in [2.45, 2.75) is 6.04 Å². The molecule has 1 aromatic rings. The summed E-state index contributed by atoms with van der Waals surface area (Å²) in [6, 6.07) is 2.56. The van der Waals surface area contributed by atoms with Crippen molar-refractivity contribution < 1.29 is 19.5 Å². The lowest BCUT2D eigenvalue weighted by atomic mass is 10.2. The number of imide groups is 1. The summed E-state index contributed by atoms with van der Waals surface area (Å²) in [6.07, 6.45) is 0. The molecule has 0 bridgehead atoms. The van der Waals surface area contributed by atoms with Gasteiger partial charge in [0, 0.05) is 13.1 Å². The second-order valence-electron chi connectivity index (χ2n) is 4.93. The Balaban J connectivity index is 1.75. The molecule has 0 unspecified atom stereocenters. The largest absolute Gasteiger partial charge is 0.395 e. The van der Waals surface area contributed by atoms with Gasteiger partial charge >= 0.3 is 6.03 Å². The molecule has 0 radical (unpaired) electrons. The number of fused-ring (bicyclic) bond motifs is 1. The molecular weight excluding hydrogens is 294 g/mol. The Kier molecular flexibility index (Phi) is 3.64. The van der Waals surface area contributed by atoms with Gasteiger partial charge in [-0.05, 0) is 11.4 Å².